The zero-order valence-corrected chi connectivity index (χ0v) is 10.1. The highest BCUT2D eigenvalue weighted by atomic mass is 15.1. The van der Waals surface area contributed by atoms with E-state index in [2.05, 4.69) is 24.2 Å². The van der Waals surface area contributed by atoms with E-state index in [4.69, 9.17) is 0 Å². The van der Waals surface area contributed by atoms with Gasteiger partial charge in [0.2, 0.25) is 0 Å². The van der Waals surface area contributed by atoms with Gasteiger partial charge in [-0.15, -0.1) is 0 Å². The first-order valence-corrected chi connectivity index (χ1v) is 6.08. The highest BCUT2D eigenvalue weighted by Gasteiger charge is 2.16. The molecule has 0 radical (unpaired) electrons. The van der Waals surface area contributed by atoms with Crippen molar-refractivity contribution in [3.63, 3.8) is 0 Å². The molecule has 0 spiro atoms. The van der Waals surface area contributed by atoms with Crippen LogP contribution in [-0.4, -0.2) is 38.1 Å². The normalized spacial score (nSPS) is 20.6. The van der Waals surface area contributed by atoms with Crippen molar-refractivity contribution in [2.24, 2.45) is 5.92 Å². The minimum atomic E-state index is 0.654. The van der Waals surface area contributed by atoms with Crippen LogP contribution in [0.5, 0.6) is 0 Å². The lowest BCUT2D eigenvalue weighted by Crippen LogP contribution is -2.31. The Kier molecular flexibility index (Phi) is 5.49. The average Bonchev–Trinajstić information content (AvgIpc) is 2.66. The third-order valence-corrected chi connectivity index (χ3v) is 3.48. The molecule has 84 valence electrons. The summed E-state index contributed by atoms with van der Waals surface area (Å²) >= 11 is 0. The second kappa shape index (κ2) is 6.41. The zero-order valence-electron chi connectivity index (χ0n) is 10.1. The van der Waals surface area contributed by atoms with E-state index in [1.807, 2.05) is 7.05 Å². The predicted octanol–water partition coefficient (Wildman–Crippen LogP) is 2.11. The van der Waals surface area contributed by atoms with Gasteiger partial charge in [-0.25, -0.2) is 0 Å². The molecule has 1 saturated carbocycles. The molecule has 2 heteroatoms. The van der Waals surface area contributed by atoms with Crippen LogP contribution in [0.2, 0.25) is 0 Å². The number of hydrogen-bond acceptors (Lipinski definition) is 2. The molecule has 0 saturated heterocycles. The van der Waals surface area contributed by atoms with Gasteiger partial charge in [-0.05, 0) is 52.7 Å². The maximum atomic E-state index is 3.29. The van der Waals surface area contributed by atoms with Crippen molar-refractivity contribution in [2.75, 3.05) is 27.2 Å². The fourth-order valence-corrected chi connectivity index (χ4v) is 2.28. The van der Waals surface area contributed by atoms with Gasteiger partial charge in [0.25, 0.3) is 0 Å². The number of hydrogen-bond donors (Lipinski definition) is 1. The van der Waals surface area contributed by atoms with Crippen LogP contribution < -0.4 is 5.32 Å². The van der Waals surface area contributed by atoms with Crippen molar-refractivity contribution >= 4 is 0 Å². The molecule has 0 heterocycles. The number of rotatable bonds is 6. The molecule has 1 aliphatic rings. The Morgan fingerprint density at radius 3 is 2.57 bits per heavy atom. The smallest absolute Gasteiger partial charge is 0.00478 e. The van der Waals surface area contributed by atoms with Gasteiger partial charge in [-0.1, -0.05) is 12.8 Å². The predicted molar refractivity (Wildman–Crippen MR) is 62.6 cm³/mol. The van der Waals surface area contributed by atoms with Crippen molar-refractivity contribution < 1.29 is 0 Å². The van der Waals surface area contributed by atoms with Gasteiger partial charge in [-0.3, -0.25) is 0 Å². The average molecular weight is 198 g/mol. The lowest BCUT2D eigenvalue weighted by atomic mass is 10.1. The van der Waals surface area contributed by atoms with Gasteiger partial charge in [0.1, 0.15) is 0 Å². The first-order chi connectivity index (χ1) is 6.72. The molecule has 1 atom stereocenters. The summed E-state index contributed by atoms with van der Waals surface area (Å²) < 4.78 is 0. The minimum absolute atomic E-state index is 0.654. The van der Waals surface area contributed by atoms with Crippen LogP contribution in [0.15, 0.2) is 0 Å². The van der Waals surface area contributed by atoms with Crippen molar-refractivity contribution in [3.8, 4) is 0 Å². The molecule has 0 aromatic heterocycles. The summed E-state index contributed by atoms with van der Waals surface area (Å²) in [5.41, 5.74) is 0. The lowest BCUT2D eigenvalue weighted by molar-refractivity contribution is 0.266. The lowest BCUT2D eigenvalue weighted by Gasteiger charge is -2.22. The fraction of sp³-hybridized carbons (Fsp3) is 1.00. The summed E-state index contributed by atoms with van der Waals surface area (Å²) in [5.74, 6) is 0.991. The summed E-state index contributed by atoms with van der Waals surface area (Å²) in [7, 11) is 4.31. The van der Waals surface area contributed by atoms with E-state index in [0.29, 0.717) is 6.04 Å². The Hall–Kier alpha value is -0.0800. The molecule has 1 aliphatic carbocycles. The van der Waals surface area contributed by atoms with E-state index in [1.54, 1.807) is 0 Å². The zero-order chi connectivity index (χ0) is 10.4. The van der Waals surface area contributed by atoms with Crippen molar-refractivity contribution in [2.45, 2.75) is 45.1 Å². The second-order valence-corrected chi connectivity index (χ2v) is 4.89. The van der Waals surface area contributed by atoms with Gasteiger partial charge in [0.15, 0.2) is 0 Å². The summed E-state index contributed by atoms with van der Waals surface area (Å²) in [5, 5.41) is 3.29. The molecule has 0 bridgehead atoms. The highest BCUT2D eigenvalue weighted by molar-refractivity contribution is 4.71. The van der Waals surface area contributed by atoms with Crippen molar-refractivity contribution in [1.29, 1.82) is 0 Å². The van der Waals surface area contributed by atoms with Gasteiger partial charge in [0, 0.05) is 12.6 Å². The van der Waals surface area contributed by atoms with Gasteiger partial charge < -0.3 is 10.2 Å². The minimum Gasteiger partial charge on any atom is -0.317 e. The number of nitrogens with one attached hydrogen (secondary N) is 1. The third kappa shape index (κ3) is 4.43. The van der Waals surface area contributed by atoms with E-state index in [-0.39, 0.29) is 0 Å². The van der Waals surface area contributed by atoms with Crippen molar-refractivity contribution in [3.05, 3.63) is 0 Å². The Morgan fingerprint density at radius 1 is 1.36 bits per heavy atom. The molecule has 2 nitrogen and oxygen atoms in total. The van der Waals surface area contributed by atoms with Gasteiger partial charge >= 0.3 is 0 Å². The standard InChI is InChI=1S/C12H26N2/c1-11(13-2)8-9-14(3)10-12-6-4-5-7-12/h11-13H,4-10H2,1-3H3. The molecule has 1 rings (SSSR count). The highest BCUT2D eigenvalue weighted by Crippen LogP contribution is 2.25. The quantitative estimate of drug-likeness (QED) is 0.703. The van der Waals surface area contributed by atoms with Gasteiger partial charge in [0.05, 0.1) is 0 Å². The van der Waals surface area contributed by atoms with Crippen LogP contribution in [0, 0.1) is 5.92 Å². The van der Waals surface area contributed by atoms with Gasteiger partial charge in [-0.2, -0.15) is 0 Å². The maximum Gasteiger partial charge on any atom is 0.00478 e. The largest absolute Gasteiger partial charge is 0.317 e. The van der Waals surface area contributed by atoms with E-state index >= 15 is 0 Å². The van der Waals surface area contributed by atoms with E-state index in [9.17, 15) is 0 Å². The first kappa shape index (κ1) is 12.0. The van der Waals surface area contributed by atoms with Crippen molar-refractivity contribution in [1.82, 2.24) is 10.2 Å². The molecule has 0 aliphatic heterocycles. The van der Waals surface area contributed by atoms with Crippen LogP contribution in [0.1, 0.15) is 39.0 Å². The van der Waals surface area contributed by atoms with Crippen LogP contribution in [-0.2, 0) is 0 Å². The molecular weight excluding hydrogens is 172 g/mol. The SMILES string of the molecule is CNC(C)CCN(C)CC1CCCC1. The topological polar surface area (TPSA) is 15.3 Å². The molecule has 0 aromatic carbocycles. The van der Waals surface area contributed by atoms with E-state index in [0.717, 1.165) is 5.92 Å². The molecule has 1 unspecified atom stereocenters. The Bertz CT molecular complexity index is 141. The summed E-state index contributed by atoms with van der Waals surface area (Å²) in [6.07, 6.45) is 7.12. The summed E-state index contributed by atoms with van der Waals surface area (Å²) in [6.45, 7) is 4.80. The van der Waals surface area contributed by atoms with E-state index in [1.165, 1.54) is 45.2 Å². The monoisotopic (exact) mass is 198 g/mol. The number of nitrogens with zero attached hydrogens (tertiary/aromatic N) is 1. The molecule has 1 fully saturated rings. The Morgan fingerprint density at radius 2 is 2.00 bits per heavy atom. The first-order valence-electron chi connectivity index (χ1n) is 6.08. The Balaban J connectivity index is 2.05. The molecule has 1 N–H and O–H groups in total. The van der Waals surface area contributed by atoms with Crippen LogP contribution in [0.25, 0.3) is 0 Å². The van der Waals surface area contributed by atoms with Crippen LogP contribution >= 0.6 is 0 Å². The summed E-state index contributed by atoms with van der Waals surface area (Å²) in [4.78, 5) is 2.50. The Labute approximate surface area is 89.1 Å². The van der Waals surface area contributed by atoms with Crippen LogP contribution in [0.4, 0.5) is 0 Å². The molecular formula is C12H26N2. The van der Waals surface area contributed by atoms with Crippen LogP contribution in [0.3, 0.4) is 0 Å². The third-order valence-electron chi connectivity index (χ3n) is 3.48. The molecule has 14 heavy (non-hydrogen) atoms. The molecule has 0 amide bonds. The second-order valence-electron chi connectivity index (χ2n) is 4.89. The molecule has 0 aromatic rings. The van der Waals surface area contributed by atoms with E-state index < -0.39 is 0 Å². The summed E-state index contributed by atoms with van der Waals surface area (Å²) in [6, 6.07) is 0.654. The maximum absolute atomic E-state index is 3.29. The fourth-order valence-electron chi connectivity index (χ4n) is 2.28.